The van der Waals surface area contributed by atoms with Gasteiger partial charge in [-0.1, -0.05) is 221 Å². The highest BCUT2D eigenvalue weighted by Gasteiger charge is 2.19. The summed E-state index contributed by atoms with van der Waals surface area (Å²) in [7, 11) is 0. The van der Waals surface area contributed by atoms with Crippen molar-refractivity contribution >= 4 is 17.9 Å². The Labute approximate surface area is 336 Å². The van der Waals surface area contributed by atoms with Crippen molar-refractivity contribution in [2.24, 2.45) is 11.8 Å². The first kappa shape index (κ1) is 52.4. The lowest BCUT2D eigenvalue weighted by Gasteiger charge is -2.18. The molecule has 2 atom stereocenters. The van der Waals surface area contributed by atoms with Gasteiger partial charge >= 0.3 is 17.9 Å². The van der Waals surface area contributed by atoms with Gasteiger partial charge in [-0.2, -0.15) is 0 Å². The van der Waals surface area contributed by atoms with Gasteiger partial charge in [0.25, 0.3) is 0 Å². The molecule has 1 unspecified atom stereocenters. The van der Waals surface area contributed by atoms with Gasteiger partial charge < -0.3 is 14.2 Å². The predicted octanol–water partition coefficient (Wildman–Crippen LogP) is 15.0. The van der Waals surface area contributed by atoms with E-state index in [0.29, 0.717) is 19.3 Å². The van der Waals surface area contributed by atoms with Crippen LogP contribution in [0.1, 0.15) is 259 Å². The zero-order chi connectivity index (χ0) is 39.7. The summed E-state index contributed by atoms with van der Waals surface area (Å²) in [6.07, 6.45) is 39.4. The fourth-order valence-corrected chi connectivity index (χ4v) is 7.07. The molecular formula is C48H92O6. The van der Waals surface area contributed by atoms with E-state index in [0.717, 1.165) is 69.6 Å². The molecule has 0 amide bonds. The molecule has 0 rings (SSSR count). The van der Waals surface area contributed by atoms with Crippen LogP contribution in [0.3, 0.4) is 0 Å². The number of rotatable bonds is 42. The fourth-order valence-electron chi connectivity index (χ4n) is 7.07. The third-order valence-corrected chi connectivity index (χ3v) is 11.1. The van der Waals surface area contributed by atoms with Crippen LogP contribution in [0.4, 0.5) is 0 Å². The topological polar surface area (TPSA) is 78.9 Å². The Hall–Kier alpha value is -1.59. The van der Waals surface area contributed by atoms with Gasteiger partial charge in [0, 0.05) is 19.3 Å². The van der Waals surface area contributed by atoms with Crippen molar-refractivity contribution in [3.63, 3.8) is 0 Å². The second kappa shape index (κ2) is 41.1. The van der Waals surface area contributed by atoms with E-state index in [1.165, 1.54) is 148 Å². The minimum absolute atomic E-state index is 0.0652. The van der Waals surface area contributed by atoms with Crippen LogP contribution in [-0.2, 0) is 28.6 Å². The van der Waals surface area contributed by atoms with E-state index in [4.69, 9.17) is 14.2 Å². The predicted molar refractivity (Wildman–Crippen MR) is 229 cm³/mol. The quantitative estimate of drug-likeness (QED) is 0.0350. The van der Waals surface area contributed by atoms with Crippen molar-refractivity contribution in [1.29, 1.82) is 0 Å². The lowest BCUT2D eigenvalue weighted by atomic mass is 10.00. The van der Waals surface area contributed by atoms with Crippen LogP contribution in [0.15, 0.2) is 0 Å². The highest BCUT2D eigenvalue weighted by Crippen LogP contribution is 2.17. The number of hydrogen-bond donors (Lipinski definition) is 0. The van der Waals surface area contributed by atoms with Gasteiger partial charge in [0.15, 0.2) is 6.10 Å². The molecule has 0 bridgehead atoms. The Morgan fingerprint density at radius 3 is 1.06 bits per heavy atom. The summed E-state index contributed by atoms with van der Waals surface area (Å²) in [4.78, 5) is 37.8. The first-order valence-electron chi connectivity index (χ1n) is 23.8. The van der Waals surface area contributed by atoms with Crippen molar-refractivity contribution in [2.45, 2.75) is 265 Å². The van der Waals surface area contributed by atoms with Gasteiger partial charge in [0.05, 0.1) is 0 Å². The average Bonchev–Trinajstić information content (AvgIpc) is 3.15. The summed E-state index contributed by atoms with van der Waals surface area (Å²) in [5.41, 5.74) is 0. The van der Waals surface area contributed by atoms with E-state index in [1.54, 1.807) is 0 Å². The first-order valence-corrected chi connectivity index (χ1v) is 23.8. The smallest absolute Gasteiger partial charge is 0.306 e. The number of carbonyl (C=O) groups excluding carboxylic acids is 3. The van der Waals surface area contributed by atoms with E-state index in [-0.39, 0.29) is 31.1 Å². The molecule has 0 N–H and O–H groups in total. The number of hydrogen-bond acceptors (Lipinski definition) is 6. The zero-order valence-corrected chi connectivity index (χ0v) is 36.8. The van der Waals surface area contributed by atoms with Crippen LogP contribution in [0.2, 0.25) is 0 Å². The second-order valence-electron chi connectivity index (χ2n) is 17.1. The Kier molecular flexibility index (Phi) is 39.8. The Morgan fingerprint density at radius 1 is 0.389 bits per heavy atom. The van der Waals surface area contributed by atoms with Crippen LogP contribution < -0.4 is 0 Å². The second-order valence-corrected chi connectivity index (χ2v) is 17.1. The van der Waals surface area contributed by atoms with Crippen LogP contribution in [0.25, 0.3) is 0 Å². The summed E-state index contributed by atoms with van der Waals surface area (Å²) in [6, 6.07) is 0. The molecule has 0 aromatic heterocycles. The minimum Gasteiger partial charge on any atom is -0.462 e. The average molecular weight is 765 g/mol. The SMILES string of the molecule is CCCCCCCCCCCCCCCC(=O)O[C@H](COC(=O)CCCCCCCCCCCCC(C)C)COC(=O)CCCCCCCCC(C)CC. The maximum Gasteiger partial charge on any atom is 0.306 e. The van der Waals surface area contributed by atoms with E-state index < -0.39 is 6.10 Å². The van der Waals surface area contributed by atoms with Crippen molar-refractivity contribution in [1.82, 2.24) is 0 Å². The van der Waals surface area contributed by atoms with Gasteiger partial charge in [-0.05, 0) is 31.1 Å². The standard InChI is InChI=1S/C48H92O6/c1-6-8-9-10-11-12-13-14-15-20-23-30-35-40-48(51)54-45(42-53-47(50)39-34-29-25-24-27-32-37-44(5)7-2)41-52-46(49)38-33-28-22-19-17-16-18-21-26-31-36-43(3)4/h43-45H,6-42H2,1-5H3/t44?,45-/m1/s1. The Balaban J connectivity index is 4.34. The molecule has 0 aliphatic heterocycles. The molecule has 6 nitrogen and oxygen atoms in total. The van der Waals surface area contributed by atoms with Gasteiger partial charge in [0.1, 0.15) is 13.2 Å². The molecule has 0 aromatic rings. The fraction of sp³-hybridized carbons (Fsp3) is 0.938. The Bertz CT molecular complexity index is 826. The zero-order valence-electron chi connectivity index (χ0n) is 36.8. The molecule has 0 heterocycles. The van der Waals surface area contributed by atoms with Crippen molar-refractivity contribution in [3.8, 4) is 0 Å². The number of carbonyl (C=O) groups is 3. The number of unbranched alkanes of at least 4 members (excludes halogenated alkanes) is 26. The van der Waals surface area contributed by atoms with Gasteiger partial charge in [-0.3, -0.25) is 14.4 Å². The lowest BCUT2D eigenvalue weighted by molar-refractivity contribution is -0.167. The molecule has 0 spiro atoms. The number of ether oxygens (including phenoxy) is 3. The van der Waals surface area contributed by atoms with E-state index in [9.17, 15) is 14.4 Å². The molecule has 0 aromatic carbocycles. The lowest BCUT2D eigenvalue weighted by Crippen LogP contribution is -2.30. The van der Waals surface area contributed by atoms with Crippen molar-refractivity contribution < 1.29 is 28.6 Å². The summed E-state index contributed by atoms with van der Waals surface area (Å²) < 4.78 is 16.7. The van der Waals surface area contributed by atoms with E-state index in [1.807, 2.05) is 0 Å². The highest BCUT2D eigenvalue weighted by atomic mass is 16.6. The van der Waals surface area contributed by atoms with E-state index in [2.05, 4.69) is 34.6 Å². The molecule has 0 fully saturated rings. The third-order valence-electron chi connectivity index (χ3n) is 11.1. The summed E-state index contributed by atoms with van der Waals surface area (Å²) in [5.74, 6) is 0.776. The molecule has 0 saturated carbocycles. The van der Waals surface area contributed by atoms with Gasteiger partial charge in [-0.15, -0.1) is 0 Å². The molecule has 0 saturated heterocycles. The minimum atomic E-state index is -0.761. The molecule has 54 heavy (non-hydrogen) atoms. The normalized spacial score (nSPS) is 12.6. The van der Waals surface area contributed by atoms with Crippen LogP contribution >= 0.6 is 0 Å². The monoisotopic (exact) mass is 765 g/mol. The van der Waals surface area contributed by atoms with Gasteiger partial charge in [0.2, 0.25) is 0 Å². The molecule has 0 aliphatic rings. The van der Waals surface area contributed by atoms with Crippen molar-refractivity contribution in [2.75, 3.05) is 13.2 Å². The molecule has 0 radical (unpaired) electrons. The molecule has 0 aliphatic carbocycles. The summed E-state index contributed by atoms with van der Waals surface area (Å²) in [6.45, 7) is 11.3. The van der Waals surface area contributed by atoms with Crippen LogP contribution in [-0.4, -0.2) is 37.2 Å². The third kappa shape index (κ3) is 40.1. The van der Waals surface area contributed by atoms with Crippen molar-refractivity contribution in [3.05, 3.63) is 0 Å². The molecule has 6 heteroatoms. The maximum atomic E-state index is 12.7. The first-order chi connectivity index (χ1) is 26.3. The van der Waals surface area contributed by atoms with Crippen LogP contribution in [0, 0.1) is 11.8 Å². The van der Waals surface area contributed by atoms with Gasteiger partial charge in [-0.25, -0.2) is 0 Å². The maximum absolute atomic E-state index is 12.7. The highest BCUT2D eigenvalue weighted by molar-refractivity contribution is 5.71. The largest absolute Gasteiger partial charge is 0.462 e. The summed E-state index contributed by atoms with van der Waals surface area (Å²) in [5, 5.41) is 0. The molecule has 320 valence electrons. The molecular weight excluding hydrogens is 673 g/mol. The number of esters is 3. The Morgan fingerprint density at radius 2 is 0.704 bits per heavy atom. The summed E-state index contributed by atoms with van der Waals surface area (Å²) >= 11 is 0. The van der Waals surface area contributed by atoms with Crippen LogP contribution in [0.5, 0.6) is 0 Å². The van der Waals surface area contributed by atoms with E-state index >= 15 is 0 Å².